The summed E-state index contributed by atoms with van der Waals surface area (Å²) >= 11 is 0. The highest BCUT2D eigenvalue weighted by molar-refractivity contribution is 6.09. The van der Waals surface area contributed by atoms with Gasteiger partial charge in [0, 0.05) is 37.0 Å². The minimum absolute atomic E-state index is 0.0533. The van der Waals surface area contributed by atoms with E-state index >= 15 is 0 Å². The molecule has 1 atom stereocenters. The Labute approximate surface area is 193 Å². The molecule has 0 saturated carbocycles. The number of allylic oxidation sites excluding steroid dienone is 1. The van der Waals surface area contributed by atoms with Crippen molar-refractivity contribution in [3.8, 4) is 11.3 Å². The van der Waals surface area contributed by atoms with Crippen LogP contribution in [0.5, 0.6) is 0 Å². The van der Waals surface area contributed by atoms with Gasteiger partial charge < -0.3 is 26.1 Å². The van der Waals surface area contributed by atoms with Gasteiger partial charge in [0.05, 0.1) is 17.6 Å². The maximum atomic E-state index is 12.2. The average molecular weight is 447 g/mol. The molecule has 2 heterocycles. The number of rotatable bonds is 9. The molecule has 0 radical (unpaired) electrons. The lowest BCUT2D eigenvalue weighted by atomic mass is 10.1. The Morgan fingerprint density at radius 3 is 2.67 bits per heavy atom. The number of aliphatic hydroxyl groups is 1. The molecule has 33 heavy (non-hydrogen) atoms. The number of aromatic nitrogens is 3. The van der Waals surface area contributed by atoms with Crippen molar-refractivity contribution in [3.63, 3.8) is 0 Å². The molecule has 0 aliphatic heterocycles. The number of anilines is 1. The van der Waals surface area contributed by atoms with Gasteiger partial charge in [-0.2, -0.15) is 0 Å². The Balaban J connectivity index is 1.90. The molecule has 8 heteroatoms. The minimum atomic E-state index is -0.251. The highest BCUT2D eigenvalue weighted by Gasteiger charge is 2.13. The van der Waals surface area contributed by atoms with Gasteiger partial charge >= 0.3 is 0 Å². The smallest absolute Gasteiger partial charge is 0.250 e. The van der Waals surface area contributed by atoms with Crippen LogP contribution < -0.4 is 16.6 Å². The van der Waals surface area contributed by atoms with Gasteiger partial charge in [0.15, 0.2) is 5.82 Å². The molecule has 0 unspecified atom stereocenters. The van der Waals surface area contributed by atoms with Crippen molar-refractivity contribution in [2.45, 2.75) is 33.4 Å². The normalized spacial score (nSPS) is 12.5. The summed E-state index contributed by atoms with van der Waals surface area (Å²) < 4.78 is 1.66. The Morgan fingerprint density at radius 1 is 1.27 bits per heavy atom. The molecule has 8 nitrogen and oxygen atoms in total. The van der Waals surface area contributed by atoms with Crippen molar-refractivity contribution in [1.29, 1.82) is 5.41 Å². The Hall–Kier alpha value is -3.78. The van der Waals surface area contributed by atoms with Crippen LogP contribution in [-0.4, -0.2) is 32.4 Å². The highest BCUT2D eigenvalue weighted by Crippen LogP contribution is 2.22. The molecule has 0 aliphatic carbocycles. The van der Waals surface area contributed by atoms with E-state index in [4.69, 9.17) is 11.1 Å². The molecule has 0 aliphatic rings. The molecule has 172 valence electrons. The average Bonchev–Trinajstić information content (AvgIpc) is 2.81. The van der Waals surface area contributed by atoms with E-state index in [1.54, 1.807) is 16.8 Å². The van der Waals surface area contributed by atoms with Crippen molar-refractivity contribution in [3.05, 3.63) is 82.0 Å². The molecule has 2 aromatic heterocycles. The van der Waals surface area contributed by atoms with Crippen LogP contribution >= 0.6 is 0 Å². The molecule has 3 rings (SSSR count). The van der Waals surface area contributed by atoms with E-state index in [0.717, 1.165) is 18.5 Å². The topological polar surface area (TPSA) is 130 Å². The summed E-state index contributed by atoms with van der Waals surface area (Å²) in [5.41, 5.74) is 9.00. The summed E-state index contributed by atoms with van der Waals surface area (Å²) in [7, 11) is 1.87. The zero-order valence-corrected chi connectivity index (χ0v) is 19.2. The number of nitrogens with two attached hydrogens (primary N) is 1. The van der Waals surface area contributed by atoms with E-state index in [1.165, 1.54) is 18.3 Å². The third-order valence-electron chi connectivity index (χ3n) is 5.45. The summed E-state index contributed by atoms with van der Waals surface area (Å²) in [5, 5.41) is 22.1. The van der Waals surface area contributed by atoms with Crippen molar-refractivity contribution >= 4 is 17.3 Å². The van der Waals surface area contributed by atoms with Crippen LogP contribution in [0.1, 0.15) is 37.1 Å². The number of benzene rings is 1. The number of pyridine rings is 1. The van der Waals surface area contributed by atoms with Gasteiger partial charge in [-0.15, -0.1) is 0 Å². The van der Waals surface area contributed by atoms with Crippen LogP contribution in [0.2, 0.25) is 0 Å². The van der Waals surface area contributed by atoms with E-state index in [2.05, 4.69) is 29.1 Å². The van der Waals surface area contributed by atoms with E-state index in [-0.39, 0.29) is 28.5 Å². The van der Waals surface area contributed by atoms with Gasteiger partial charge in [0.25, 0.3) is 5.56 Å². The third-order valence-corrected chi connectivity index (χ3v) is 5.45. The first kappa shape index (κ1) is 23.9. The predicted octanol–water partition coefficient (Wildman–Crippen LogP) is 3.62. The second-order valence-corrected chi connectivity index (χ2v) is 8.08. The molecule has 1 aromatic carbocycles. The second-order valence-electron chi connectivity index (χ2n) is 8.08. The second kappa shape index (κ2) is 10.7. The lowest BCUT2D eigenvalue weighted by Gasteiger charge is -2.13. The van der Waals surface area contributed by atoms with Gasteiger partial charge in [0.1, 0.15) is 11.5 Å². The molecule has 3 aromatic rings. The molecule has 0 bridgehead atoms. The number of nitrogens with zero attached hydrogens (tertiary/aromatic N) is 3. The third kappa shape index (κ3) is 5.93. The molecular formula is C25H30N6O2. The zero-order chi connectivity index (χ0) is 24.0. The maximum Gasteiger partial charge on any atom is 0.250 e. The fraction of sp³-hybridized carbons (Fsp3) is 0.280. The standard InChI is InChI=1S/C25H30N6O2/c1-4-16(2)14-31-15-19(9-10-23(31)33)21-13-29-25(27)24(30-21)22(32)11-20(26)18-7-5-17(6-8-18)12-28-3/h5-11,13,15-16,26,28,32H,4,12,14H2,1-3H3,(H2,27,29)/b22-11-,26-20?/t16-/m0/s1. The van der Waals surface area contributed by atoms with Gasteiger partial charge in [-0.25, -0.2) is 9.97 Å². The monoisotopic (exact) mass is 446 g/mol. The molecule has 0 saturated heterocycles. The maximum absolute atomic E-state index is 12.2. The van der Waals surface area contributed by atoms with Crippen LogP contribution in [0, 0.1) is 11.3 Å². The first-order valence-electron chi connectivity index (χ1n) is 10.9. The fourth-order valence-electron chi connectivity index (χ4n) is 3.31. The minimum Gasteiger partial charge on any atom is -0.505 e. The van der Waals surface area contributed by atoms with Crippen molar-refractivity contribution in [2.24, 2.45) is 5.92 Å². The van der Waals surface area contributed by atoms with Gasteiger partial charge in [-0.05, 0) is 30.2 Å². The molecule has 0 fully saturated rings. The van der Waals surface area contributed by atoms with E-state index in [9.17, 15) is 9.90 Å². The number of hydrogen-bond donors (Lipinski definition) is 4. The van der Waals surface area contributed by atoms with Crippen LogP contribution in [0.3, 0.4) is 0 Å². The summed E-state index contributed by atoms with van der Waals surface area (Å²) in [4.78, 5) is 20.9. The SMILES string of the molecule is CC[C@H](C)Cn1cc(-c2cnc(N)c(/C(O)=C/C(=N)c3ccc(CNC)cc3)n2)ccc1=O. The number of nitrogen functional groups attached to an aromatic ring is 1. The first-order valence-corrected chi connectivity index (χ1v) is 10.9. The number of nitrogens with one attached hydrogen (secondary N) is 2. The molecular weight excluding hydrogens is 416 g/mol. The Kier molecular flexibility index (Phi) is 7.74. The highest BCUT2D eigenvalue weighted by atomic mass is 16.3. The van der Waals surface area contributed by atoms with Crippen LogP contribution in [0.15, 0.2) is 59.7 Å². The molecule has 0 spiro atoms. The summed E-state index contributed by atoms with van der Waals surface area (Å²) in [6, 6.07) is 10.7. The van der Waals surface area contributed by atoms with Crippen LogP contribution in [0.4, 0.5) is 5.82 Å². The summed E-state index contributed by atoms with van der Waals surface area (Å²) in [5.74, 6) is 0.160. The van der Waals surface area contributed by atoms with Crippen LogP contribution in [0.25, 0.3) is 17.0 Å². The van der Waals surface area contributed by atoms with E-state index < -0.39 is 0 Å². The number of aliphatic hydroxyl groups excluding tert-OH is 1. The van der Waals surface area contributed by atoms with Gasteiger partial charge in [-0.1, -0.05) is 44.5 Å². The lowest BCUT2D eigenvalue weighted by Crippen LogP contribution is -2.21. The molecule has 5 N–H and O–H groups in total. The van der Waals surface area contributed by atoms with Gasteiger partial charge in [0.2, 0.25) is 0 Å². The van der Waals surface area contributed by atoms with Crippen molar-refractivity contribution in [1.82, 2.24) is 19.9 Å². The van der Waals surface area contributed by atoms with Crippen molar-refractivity contribution < 1.29 is 5.11 Å². The van der Waals surface area contributed by atoms with E-state index in [1.807, 2.05) is 31.3 Å². The summed E-state index contributed by atoms with van der Waals surface area (Å²) in [6.07, 6.45) is 5.52. The molecule has 0 amide bonds. The largest absolute Gasteiger partial charge is 0.505 e. The Morgan fingerprint density at radius 2 is 2.00 bits per heavy atom. The quantitative estimate of drug-likeness (QED) is 0.293. The van der Waals surface area contributed by atoms with Crippen molar-refractivity contribution in [2.75, 3.05) is 12.8 Å². The Bertz CT molecular complexity index is 1210. The zero-order valence-electron chi connectivity index (χ0n) is 19.2. The predicted molar refractivity (Wildman–Crippen MR) is 132 cm³/mol. The van der Waals surface area contributed by atoms with Gasteiger partial charge in [-0.3, -0.25) is 4.79 Å². The van der Waals surface area contributed by atoms with E-state index in [0.29, 0.717) is 29.3 Å². The summed E-state index contributed by atoms with van der Waals surface area (Å²) in [6.45, 7) is 5.51. The lowest BCUT2D eigenvalue weighted by molar-refractivity contribution is 0.460. The number of hydrogen-bond acceptors (Lipinski definition) is 7. The first-order chi connectivity index (χ1) is 15.8. The fourth-order valence-corrected chi connectivity index (χ4v) is 3.31. The van der Waals surface area contributed by atoms with Crippen LogP contribution in [-0.2, 0) is 13.1 Å².